The number of halogens is 3. The summed E-state index contributed by atoms with van der Waals surface area (Å²) in [6.07, 6.45) is 0. The second kappa shape index (κ2) is 5.99. The minimum Gasteiger partial charge on any atom is -0.312 e. The molecule has 0 atom stereocenters. The first-order chi connectivity index (χ1) is 7.44. The monoisotopic (exact) mass is 307 g/mol. The third-order valence-corrected chi connectivity index (χ3v) is 3.51. The van der Waals surface area contributed by atoms with Gasteiger partial charge in [-0.2, -0.15) is 0 Å². The highest BCUT2D eigenvalue weighted by atomic mass is 79.9. The molecule has 0 spiro atoms. The minimum absolute atomic E-state index is 0.0318. The number of nitrogens with one attached hydrogen (secondary N) is 1. The van der Waals surface area contributed by atoms with E-state index in [9.17, 15) is 4.39 Å². The van der Waals surface area contributed by atoms with Crippen LogP contribution in [0.25, 0.3) is 0 Å². The third kappa shape index (κ3) is 4.40. The Bertz CT molecular complexity index is 355. The van der Waals surface area contributed by atoms with Gasteiger partial charge < -0.3 is 5.32 Å². The van der Waals surface area contributed by atoms with E-state index in [1.54, 1.807) is 12.1 Å². The summed E-state index contributed by atoms with van der Waals surface area (Å²) in [5.74, 6) is 0.403. The molecule has 0 aliphatic rings. The molecule has 0 radical (unpaired) electrons. The van der Waals surface area contributed by atoms with Crippen molar-refractivity contribution >= 4 is 27.5 Å². The molecule has 0 aromatic heterocycles. The molecule has 0 heterocycles. The van der Waals surface area contributed by atoms with Crippen LogP contribution in [0.15, 0.2) is 22.7 Å². The maximum atomic E-state index is 13.4. The van der Waals surface area contributed by atoms with Crippen molar-refractivity contribution in [1.82, 2.24) is 5.32 Å². The van der Waals surface area contributed by atoms with Crippen molar-refractivity contribution in [2.45, 2.75) is 20.4 Å². The van der Waals surface area contributed by atoms with E-state index in [-0.39, 0.29) is 11.2 Å². The van der Waals surface area contributed by atoms with Crippen LogP contribution in [0.2, 0.25) is 0 Å². The summed E-state index contributed by atoms with van der Waals surface area (Å²) < 4.78 is 14.3. The summed E-state index contributed by atoms with van der Waals surface area (Å²) >= 11 is 9.14. The van der Waals surface area contributed by atoms with Crippen LogP contribution >= 0.6 is 27.5 Å². The van der Waals surface area contributed by atoms with Crippen molar-refractivity contribution in [2.75, 3.05) is 12.4 Å². The van der Waals surface area contributed by atoms with Gasteiger partial charge in [-0.25, -0.2) is 4.39 Å². The lowest BCUT2D eigenvalue weighted by molar-refractivity contribution is 0.383. The Morgan fingerprint density at radius 1 is 1.44 bits per heavy atom. The molecule has 1 N–H and O–H groups in total. The molecule has 0 bridgehead atoms. The molecule has 16 heavy (non-hydrogen) atoms. The van der Waals surface area contributed by atoms with E-state index in [0.717, 1.165) is 11.0 Å². The summed E-state index contributed by atoms with van der Waals surface area (Å²) in [6, 6.07) is 4.95. The van der Waals surface area contributed by atoms with Gasteiger partial charge in [0.25, 0.3) is 0 Å². The smallest absolute Gasteiger partial charge is 0.127 e. The number of hydrogen-bond acceptors (Lipinski definition) is 1. The molecular weight excluding hydrogens is 292 g/mol. The zero-order valence-electron chi connectivity index (χ0n) is 9.49. The van der Waals surface area contributed by atoms with E-state index >= 15 is 0 Å². The SMILES string of the molecule is CC(C)(CCl)CNCc1cc(Br)ccc1F. The first kappa shape index (κ1) is 13.9. The largest absolute Gasteiger partial charge is 0.312 e. The maximum Gasteiger partial charge on any atom is 0.127 e. The van der Waals surface area contributed by atoms with Gasteiger partial charge in [-0.15, -0.1) is 11.6 Å². The van der Waals surface area contributed by atoms with E-state index in [1.165, 1.54) is 6.07 Å². The Balaban J connectivity index is 2.52. The van der Waals surface area contributed by atoms with Crippen molar-refractivity contribution < 1.29 is 4.39 Å². The van der Waals surface area contributed by atoms with E-state index in [2.05, 4.69) is 35.1 Å². The van der Waals surface area contributed by atoms with Crippen LogP contribution in [0.4, 0.5) is 4.39 Å². The molecule has 1 aromatic rings. The summed E-state index contributed by atoms with van der Waals surface area (Å²) in [5, 5.41) is 3.22. The first-order valence-electron chi connectivity index (χ1n) is 5.15. The molecule has 0 amide bonds. The lowest BCUT2D eigenvalue weighted by Gasteiger charge is -2.21. The molecule has 1 aromatic carbocycles. The standard InChI is InChI=1S/C12H16BrClFN/c1-12(2,7-14)8-16-6-9-5-10(13)3-4-11(9)15/h3-5,16H,6-8H2,1-2H3. The zero-order chi connectivity index (χ0) is 12.2. The molecule has 0 saturated heterocycles. The molecule has 0 saturated carbocycles. The van der Waals surface area contributed by atoms with Crippen molar-refractivity contribution in [2.24, 2.45) is 5.41 Å². The molecule has 1 rings (SSSR count). The zero-order valence-corrected chi connectivity index (χ0v) is 11.8. The van der Waals surface area contributed by atoms with Crippen molar-refractivity contribution in [1.29, 1.82) is 0 Å². The molecule has 0 unspecified atom stereocenters. The molecule has 0 aliphatic carbocycles. The number of alkyl halides is 1. The average Bonchev–Trinajstić information content (AvgIpc) is 2.23. The van der Waals surface area contributed by atoms with Gasteiger partial charge >= 0.3 is 0 Å². The summed E-state index contributed by atoms with van der Waals surface area (Å²) in [4.78, 5) is 0. The topological polar surface area (TPSA) is 12.0 Å². The maximum absolute atomic E-state index is 13.4. The fraction of sp³-hybridized carbons (Fsp3) is 0.500. The van der Waals surface area contributed by atoms with Crippen LogP contribution in [-0.4, -0.2) is 12.4 Å². The second-order valence-corrected chi connectivity index (χ2v) is 5.82. The van der Waals surface area contributed by atoms with Crippen LogP contribution in [0.3, 0.4) is 0 Å². The fourth-order valence-corrected chi connectivity index (χ4v) is 1.76. The first-order valence-corrected chi connectivity index (χ1v) is 6.48. The molecule has 4 heteroatoms. The van der Waals surface area contributed by atoms with Gasteiger partial charge in [-0.3, -0.25) is 0 Å². The molecule has 1 nitrogen and oxygen atoms in total. The highest BCUT2D eigenvalue weighted by Gasteiger charge is 2.15. The molecule has 0 fully saturated rings. The van der Waals surface area contributed by atoms with Crippen molar-refractivity contribution in [3.05, 3.63) is 34.1 Å². The summed E-state index contributed by atoms with van der Waals surface area (Å²) in [7, 11) is 0. The van der Waals surface area contributed by atoms with Gasteiger partial charge in [0.1, 0.15) is 5.82 Å². The van der Waals surface area contributed by atoms with E-state index in [0.29, 0.717) is 18.0 Å². The highest BCUT2D eigenvalue weighted by Crippen LogP contribution is 2.17. The Morgan fingerprint density at radius 3 is 2.75 bits per heavy atom. The molecular formula is C12H16BrClFN. The number of hydrogen-bond donors (Lipinski definition) is 1. The van der Waals surface area contributed by atoms with Crippen molar-refractivity contribution in [3.8, 4) is 0 Å². The minimum atomic E-state index is -0.181. The lowest BCUT2D eigenvalue weighted by atomic mass is 9.96. The molecule has 0 aliphatic heterocycles. The normalized spacial score (nSPS) is 11.8. The van der Waals surface area contributed by atoms with E-state index in [1.807, 2.05) is 0 Å². The lowest BCUT2D eigenvalue weighted by Crippen LogP contribution is -2.30. The van der Waals surface area contributed by atoms with Gasteiger partial charge in [0, 0.05) is 29.0 Å². The van der Waals surface area contributed by atoms with Crippen LogP contribution in [0.1, 0.15) is 19.4 Å². The van der Waals surface area contributed by atoms with Gasteiger partial charge in [0.2, 0.25) is 0 Å². The van der Waals surface area contributed by atoms with Gasteiger partial charge in [0.15, 0.2) is 0 Å². The third-order valence-electron chi connectivity index (χ3n) is 2.29. The Morgan fingerprint density at radius 2 is 2.12 bits per heavy atom. The predicted octanol–water partition coefficient (Wildman–Crippen LogP) is 3.94. The van der Waals surface area contributed by atoms with Crippen LogP contribution < -0.4 is 5.32 Å². The van der Waals surface area contributed by atoms with Gasteiger partial charge in [-0.1, -0.05) is 29.8 Å². The number of benzene rings is 1. The van der Waals surface area contributed by atoms with E-state index in [4.69, 9.17) is 11.6 Å². The quantitative estimate of drug-likeness (QED) is 0.812. The second-order valence-electron chi connectivity index (χ2n) is 4.64. The Hall–Kier alpha value is -0.120. The summed E-state index contributed by atoms with van der Waals surface area (Å²) in [5.41, 5.74) is 0.698. The van der Waals surface area contributed by atoms with Crippen LogP contribution in [-0.2, 0) is 6.54 Å². The highest BCUT2D eigenvalue weighted by molar-refractivity contribution is 9.10. The average molecular weight is 309 g/mol. The van der Waals surface area contributed by atoms with Crippen LogP contribution in [0.5, 0.6) is 0 Å². The molecule has 90 valence electrons. The number of rotatable bonds is 5. The Kier molecular flexibility index (Phi) is 5.22. The Labute approximate surface area is 110 Å². The summed E-state index contributed by atoms with van der Waals surface area (Å²) in [6.45, 7) is 5.43. The predicted molar refractivity (Wildman–Crippen MR) is 70.3 cm³/mol. The van der Waals surface area contributed by atoms with Gasteiger partial charge in [-0.05, 0) is 23.6 Å². The fourth-order valence-electron chi connectivity index (χ4n) is 1.26. The van der Waals surface area contributed by atoms with E-state index < -0.39 is 0 Å². The van der Waals surface area contributed by atoms with Gasteiger partial charge in [0.05, 0.1) is 0 Å². The van der Waals surface area contributed by atoms with Crippen molar-refractivity contribution in [3.63, 3.8) is 0 Å². The van der Waals surface area contributed by atoms with Crippen LogP contribution in [0, 0.1) is 11.2 Å².